The molecule has 8 heteroatoms. The van der Waals surface area contributed by atoms with Gasteiger partial charge in [-0.25, -0.2) is 9.97 Å². The second kappa shape index (κ2) is 6.86. The lowest BCUT2D eigenvalue weighted by Crippen LogP contribution is -2.27. The molecule has 6 nitrogen and oxygen atoms in total. The number of anilines is 1. The van der Waals surface area contributed by atoms with Gasteiger partial charge in [-0.1, -0.05) is 12.1 Å². The van der Waals surface area contributed by atoms with Crippen molar-refractivity contribution in [1.82, 2.24) is 14.5 Å². The lowest BCUT2D eigenvalue weighted by Gasteiger charge is -2.08. The normalized spacial score (nSPS) is 11.2. The molecule has 27 heavy (non-hydrogen) atoms. The number of nitrogens with zero attached hydrogens (tertiary/aromatic N) is 3. The van der Waals surface area contributed by atoms with E-state index >= 15 is 0 Å². The van der Waals surface area contributed by atoms with E-state index in [0.717, 1.165) is 25.9 Å². The minimum atomic E-state index is -0.295. The maximum atomic E-state index is 12.9. The number of aryl methyl sites for hydroxylation is 2. The van der Waals surface area contributed by atoms with Crippen molar-refractivity contribution in [2.45, 2.75) is 20.4 Å². The Morgan fingerprint density at radius 2 is 2.07 bits per heavy atom. The van der Waals surface area contributed by atoms with E-state index in [0.29, 0.717) is 15.9 Å². The molecular formula is C19H15BrN4O2S. The highest BCUT2D eigenvalue weighted by Crippen LogP contribution is 2.31. The number of rotatable bonds is 3. The fraction of sp³-hybridized carbons (Fsp3) is 0.158. The number of pyridine rings is 1. The van der Waals surface area contributed by atoms with E-state index in [1.54, 1.807) is 6.07 Å². The smallest absolute Gasteiger partial charge is 0.271 e. The van der Waals surface area contributed by atoms with Crippen LogP contribution in [0.4, 0.5) is 5.69 Å². The van der Waals surface area contributed by atoms with Crippen LogP contribution in [0.3, 0.4) is 0 Å². The molecular weight excluding hydrogens is 428 g/mol. The number of hydrogen-bond acceptors (Lipinski definition) is 5. The predicted octanol–water partition coefficient (Wildman–Crippen LogP) is 4.02. The Kier molecular flexibility index (Phi) is 4.53. The third-order valence-corrected chi connectivity index (χ3v) is 5.96. The van der Waals surface area contributed by atoms with Crippen LogP contribution in [-0.2, 0) is 11.3 Å². The van der Waals surface area contributed by atoms with Crippen molar-refractivity contribution >= 4 is 59.3 Å². The number of para-hydroxylation sites is 1. The van der Waals surface area contributed by atoms with Crippen molar-refractivity contribution in [2.75, 3.05) is 5.32 Å². The van der Waals surface area contributed by atoms with Crippen LogP contribution in [0.15, 0.2) is 45.9 Å². The van der Waals surface area contributed by atoms with E-state index in [2.05, 4.69) is 31.2 Å². The first-order valence-corrected chi connectivity index (χ1v) is 9.85. The van der Waals surface area contributed by atoms with Crippen LogP contribution in [0, 0.1) is 13.8 Å². The predicted molar refractivity (Wildman–Crippen MR) is 111 cm³/mol. The highest BCUT2D eigenvalue weighted by molar-refractivity contribution is 9.10. The molecule has 0 fully saturated rings. The van der Waals surface area contributed by atoms with E-state index in [1.807, 2.05) is 38.1 Å². The maximum absolute atomic E-state index is 12.9. The largest absolute Gasteiger partial charge is 0.324 e. The molecule has 4 rings (SSSR count). The summed E-state index contributed by atoms with van der Waals surface area (Å²) in [6, 6.07) is 9.29. The van der Waals surface area contributed by atoms with Crippen molar-refractivity contribution in [3.05, 3.63) is 62.7 Å². The van der Waals surface area contributed by atoms with Crippen molar-refractivity contribution in [3.63, 3.8) is 0 Å². The molecule has 0 aliphatic heterocycles. The number of carbonyl (C=O) groups excluding carboxylic acids is 1. The first-order valence-electron chi connectivity index (χ1n) is 8.24. The van der Waals surface area contributed by atoms with E-state index in [9.17, 15) is 9.59 Å². The lowest BCUT2D eigenvalue weighted by molar-refractivity contribution is -0.116. The summed E-state index contributed by atoms with van der Waals surface area (Å²) in [7, 11) is 0. The number of carbonyl (C=O) groups is 1. The van der Waals surface area contributed by atoms with Gasteiger partial charge in [0, 0.05) is 15.6 Å². The van der Waals surface area contributed by atoms with Crippen LogP contribution in [0.1, 0.15) is 11.3 Å². The molecule has 0 unspecified atom stereocenters. The monoisotopic (exact) mass is 442 g/mol. The van der Waals surface area contributed by atoms with E-state index < -0.39 is 0 Å². The number of aromatic nitrogens is 3. The zero-order chi connectivity index (χ0) is 19.1. The van der Waals surface area contributed by atoms with Crippen molar-refractivity contribution in [3.8, 4) is 0 Å². The number of fused-ring (bicyclic) bond motifs is 3. The van der Waals surface area contributed by atoms with Gasteiger partial charge in [-0.3, -0.25) is 14.2 Å². The van der Waals surface area contributed by atoms with Crippen LogP contribution < -0.4 is 10.9 Å². The molecule has 136 valence electrons. The van der Waals surface area contributed by atoms with E-state index in [4.69, 9.17) is 0 Å². The molecule has 0 saturated heterocycles. The summed E-state index contributed by atoms with van der Waals surface area (Å²) in [6.45, 7) is 3.80. The van der Waals surface area contributed by atoms with Crippen molar-refractivity contribution in [1.29, 1.82) is 0 Å². The molecule has 0 aliphatic rings. The van der Waals surface area contributed by atoms with Gasteiger partial charge in [-0.15, -0.1) is 11.3 Å². The minimum Gasteiger partial charge on any atom is -0.324 e. The van der Waals surface area contributed by atoms with Crippen molar-refractivity contribution < 1.29 is 4.79 Å². The number of hydrogen-bond donors (Lipinski definition) is 1. The van der Waals surface area contributed by atoms with Crippen LogP contribution in [-0.4, -0.2) is 20.4 Å². The first-order chi connectivity index (χ1) is 12.9. The molecule has 3 aromatic heterocycles. The number of amides is 1. The Balaban J connectivity index is 1.71. The van der Waals surface area contributed by atoms with Gasteiger partial charge < -0.3 is 5.32 Å². The average molecular weight is 443 g/mol. The SMILES string of the molecule is Cc1cc(C)c2c(n1)sc1c(=O)n(CC(=O)Nc3ccccc3Br)cnc12. The summed E-state index contributed by atoms with van der Waals surface area (Å²) in [5.41, 5.74) is 3.01. The molecule has 1 N–H and O–H groups in total. The lowest BCUT2D eigenvalue weighted by atomic mass is 10.1. The molecule has 0 saturated carbocycles. The number of nitrogens with one attached hydrogen (secondary N) is 1. The molecule has 0 bridgehead atoms. The van der Waals surface area contributed by atoms with Gasteiger partial charge in [0.1, 0.15) is 16.1 Å². The van der Waals surface area contributed by atoms with Gasteiger partial charge >= 0.3 is 0 Å². The second-order valence-corrected chi connectivity index (χ2v) is 8.10. The topological polar surface area (TPSA) is 76.9 Å². The molecule has 4 aromatic rings. The molecule has 1 aromatic carbocycles. The van der Waals surface area contributed by atoms with Gasteiger partial charge in [0.25, 0.3) is 5.56 Å². The van der Waals surface area contributed by atoms with Crippen LogP contribution in [0.25, 0.3) is 20.4 Å². The molecule has 0 aliphatic carbocycles. The summed E-state index contributed by atoms with van der Waals surface area (Å²) in [4.78, 5) is 35.0. The summed E-state index contributed by atoms with van der Waals surface area (Å²) in [5.74, 6) is -0.295. The zero-order valence-corrected chi connectivity index (χ0v) is 17.0. The minimum absolute atomic E-state index is 0.108. The van der Waals surface area contributed by atoms with Crippen LogP contribution in [0.5, 0.6) is 0 Å². The Labute approximate surface area is 167 Å². The molecule has 0 radical (unpaired) electrons. The third kappa shape index (κ3) is 3.26. The summed E-state index contributed by atoms with van der Waals surface area (Å²) < 4.78 is 2.62. The molecule has 0 spiro atoms. The Hall–Kier alpha value is -2.58. The van der Waals surface area contributed by atoms with Gasteiger partial charge in [0.2, 0.25) is 5.91 Å². The standard InChI is InChI=1S/C19H15BrN4O2S/c1-10-7-11(2)22-18-15(10)16-17(27-18)19(26)24(9-21-16)8-14(25)23-13-6-4-3-5-12(13)20/h3-7,9H,8H2,1-2H3,(H,23,25). The number of thiophene rings is 1. The molecule has 1 amide bonds. The Morgan fingerprint density at radius 1 is 1.30 bits per heavy atom. The third-order valence-electron chi connectivity index (χ3n) is 4.21. The maximum Gasteiger partial charge on any atom is 0.271 e. The average Bonchev–Trinajstić information content (AvgIpc) is 2.99. The fourth-order valence-electron chi connectivity index (χ4n) is 3.02. The van der Waals surface area contributed by atoms with Gasteiger partial charge in [0.15, 0.2) is 0 Å². The zero-order valence-electron chi connectivity index (χ0n) is 14.6. The molecule has 0 atom stereocenters. The fourth-order valence-corrected chi connectivity index (χ4v) is 4.60. The van der Waals surface area contributed by atoms with Crippen LogP contribution >= 0.6 is 27.3 Å². The highest BCUT2D eigenvalue weighted by Gasteiger charge is 2.16. The Bertz CT molecular complexity index is 1260. The second-order valence-electron chi connectivity index (χ2n) is 6.25. The molecule has 3 heterocycles. The van der Waals surface area contributed by atoms with Gasteiger partial charge in [0.05, 0.1) is 17.5 Å². The van der Waals surface area contributed by atoms with Crippen molar-refractivity contribution in [2.24, 2.45) is 0 Å². The highest BCUT2D eigenvalue weighted by atomic mass is 79.9. The number of halogens is 1. The van der Waals surface area contributed by atoms with Gasteiger partial charge in [-0.2, -0.15) is 0 Å². The summed E-state index contributed by atoms with van der Waals surface area (Å²) in [6.07, 6.45) is 1.43. The summed E-state index contributed by atoms with van der Waals surface area (Å²) >= 11 is 4.71. The number of benzene rings is 1. The van der Waals surface area contributed by atoms with Gasteiger partial charge in [-0.05, 0) is 53.5 Å². The van der Waals surface area contributed by atoms with E-state index in [1.165, 1.54) is 22.2 Å². The van der Waals surface area contributed by atoms with Crippen LogP contribution in [0.2, 0.25) is 0 Å². The Morgan fingerprint density at radius 3 is 2.85 bits per heavy atom. The van der Waals surface area contributed by atoms with E-state index in [-0.39, 0.29) is 18.0 Å². The first kappa shape index (κ1) is 17.8. The quantitative estimate of drug-likeness (QED) is 0.519. The summed E-state index contributed by atoms with van der Waals surface area (Å²) in [5, 5.41) is 3.70.